The Hall–Kier alpha value is -4.55. The molecule has 2 aromatic rings. The number of aromatic hydroxyl groups is 2. The van der Waals surface area contributed by atoms with Crippen molar-refractivity contribution in [2.24, 2.45) is 0 Å². The summed E-state index contributed by atoms with van der Waals surface area (Å²) in [5, 5.41) is 49.8. The molecule has 0 bridgehead atoms. The molecular formula is C27H28O12. The highest BCUT2D eigenvalue weighted by atomic mass is 16.6. The number of rotatable bonds is 9. The second-order valence-electron chi connectivity index (χ2n) is 8.72. The Balaban J connectivity index is 1.76. The average Bonchev–Trinajstić information content (AvgIpc) is 2.89. The third-order valence-electron chi connectivity index (χ3n) is 5.98. The number of carboxylic acid groups (broad SMARTS) is 1. The Morgan fingerprint density at radius 1 is 0.846 bits per heavy atom. The summed E-state index contributed by atoms with van der Waals surface area (Å²) in [6.07, 6.45) is -1.27. The fraction of sp³-hybridized carbons (Fsp3) is 0.296. The zero-order chi connectivity index (χ0) is 28.7. The monoisotopic (exact) mass is 544 g/mol. The minimum Gasteiger partial charge on any atom is -0.504 e. The molecule has 0 aromatic heterocycles. The molecule has 3 rings (SSSR count). The Kier molecular flexibility index (Phi) is 9.17. The number of methoxy groups -OCH3 is 2. The molecule has 0 radical (unpaired) electrons. The molecule has 1 aliphatic rings. The molecule has 208 valence electrons. The van der Waals surface area contributed by atoms with E-state index in [0.717, 1.165) is 12.2 Å². The Labute approximate surface area is 222 Å². The quantitative estimate of drug-likeness (QED) is 0.227. The van der Waals surface area contributed by atoms with Gasteiger partial charge in [0.15, 0.2) is 34.7 Å². The summed E-state index contributed by atoms with van der Waals surface area (Å²) >= 11 is 0. The number of benzene rings is 2. The van der Waals surface area contributed by atoms with Gasteiger partial charge in [0.2, 0.25) is 0 Å². The number of hydrogen-bond acceptors (Lipinski definition) is 11. The highest BCUT2D eigenvalue weighted by Gasteiger charge is 2.52. The summed E-state index contributed by atoms with van der Waals surface area (Å²) in [6.45, 7) is 0. The van der Waals surface area contributed by atoms with Crippen molar-refractivity contribution in [3.63, 3.8) is 0 Å². The van der Waals surface area contributed by atoms with Crippen LogP contribution < -0.4 is 9.47 Å². The van der Waals surface area contributed by atoms with E-state index < -0.39 is 54.7 Å². The van der Waals surface area contributed by atoms with E-state index in [1.165, 1.54) is 62.8 Å². The first-order valence-corrected chi connectivity index (χ1v) is 11.6. The molecule has 2 unspecified atom stereocenters. The molecule has 0 aliphatic heterocycles. The van der Waals surface area contributed by atoms with Crippen molar-refractivity contribution in [1.29, 1.82) is 0 Å². The maximum Gasteiger partial charge on any atom is 0.335 e. The fourth-order valence-corrected chi connectivity index (χ4v) is 3.97. The van der Waals surface area contributed by atoms with Gasteiger partial charge in [0.05, 0.1) is 20.3 Å². The number of ether oxygens (including phenoxy) is 4. The maximum atomic E-state index is 12.5. The number of phenols is 2. The van der Waals surface area contributed by atoms with Crippen LogP contribution in [-0.4, -0.2) is 81.6 Å². The molecule has 1 aliphatic carbocycles. The third-order valence-corrected chi connectivity index (χ3v) is 5.98. The van der Waals surface area contributed by atoms with Crippen LogP contribution in [0.15, 0.2) is 48.6 Å². The van der Waals surface area contributed by atoms with Crippen LogP contribution >= 0.6 is 0 Å². The number of esters is 2. The second-order valence-corrected chi connectivity index (χ2v) is 8.72. The van der Waals surface area contributed by atoms with Gasteiger partial charge in [-0.05, 0) is 47.5 Å². The molecular weight excluding hydrogens is 516 g/mol. The molecule has 0 heterocycles. The van der Waals surface area contributed by atoms with Gasteiger partial charge in [-0.2, -0.15) is 0 Å². The van der Waals surface area contributed by atoms with Crippen molar-refractivity contribution in [1.82, 2.24) is 0 Å². The minimum atomic E-state index is -2.43. The first kappa shape index (κ1) is 29.0. The van der Waals surface area contributed by atoms with E-state index >= 15 is 0 Å². The van der Waals surface area contributed by atoms with Crippen LogP contribution in [0.5, 0.6) is 23.0 Å². The number of aliphatic hydroxyl groups excluding tert-OH is 1. The van der Waals surface area contributed by atoms with Crippen molar-refractivity contribution >= 4 is 30.1 Å². The van der Waals surface area contributed by atoms with Gasteiger partial charge in [-0.15, -0.1) is 0 Å². The molecule has 0 spiro atoms. The van der Waals surface area contributed by atoms with E-state index in [2.05, 4.69) is 0 Å². The molecule has 2 aromatic carbocycles. The molecule has 1 fully saturated rings. The van der Waals surface area contributed by atoms with Gasteiger partial charge in [-0.1, -0.05) is 12.1 Å². The summed E-state index contributed by atoms with van der Waals surface area (Å²) in [6, 6.07) is 8.63. The summed E-state index contributed by atoms with van der Waals surface area (Å²) in [5.41, 5.74) is -1.49. The molecule has 4 atom stereocenters. The van der Waals surface area contributed by atoms with Gasteiger partial charge in [-0.3, -0.25) is 0 Å². The molecule has 0 saturated heterocycles. The van der Waals surface area contributed by atoms with Crippen molar-refractivity contribution in [3.8, 4) is 23.0 Å². The molecule has 5 N–H and O–H groups in total. The number of carboxylic acids is 1. The first-order chi connectivity index (χ1) is 18.4. The third kappa shape index (κ3) is 7.27. The zero-order valence-corrected chi connectivity index (χ0v) is 21.0. The van der Waals surface area contributed by atoms with Gasteiger partial charge >= 0.3 is 17.9 Å². The molecule has 0 amide bonds. The number of hydrogen-bond donors (Lipinski definition) is 5. The Morgan fingerprint density at radius 3 is 1.79 bits per heavy atom. The predicted octanol–water partition coefficient (Wildman–Crippen LogP) is 1.64. The topological polar surface area (TPSA) is 189 Å². The van der Waals surface area contributed by atoms with E-state index in [4.69, 9.17) is 18.9 Å². The molecule has 12 nitrogen and oxygen atoms in total. The summed E-state index contributed by atoms with van der Waals surface area (Å²) in [5.74, 6) is -3.42. The minimum absolute atomic E-state index is 0.100. The van der Waals surface area contributed by atoms with E-state index in [-0.39, 0.29) is 23.0 Å². The van der Waals surface area contributed by atoms with Crippen molar-refractivity contribution in [3.05, 3.63) is 59.7 Å². The normalized spacial score (nSPS) is 22.9. The van der Waals surface area contributed by atoms with Crippen molar-refractivity contribution in [2.75, 3.05) is 14.2 Å². The van der Waals surface area contributed by atoms with Crippen LogP contribution in [0.25, 0.3) is 12.2 Å². The lowest BCUT2D eigenvalue weighted by Crippen LogP contribution is -2.58. The van der Waals surface area contributed by atoms with Crippen LogP contribution in [0.2, 0.25) is 0 Å². The first-order valence-electron chi connectivity index (χ1n) is 11.6. The van der Waals surface area contributed by atoms with Crippen LogP contribution in [0.1, 0.15) is 24.0 Å². The number of aliphatic carboxylic acids is 1. The molecule has 39 heavy (non-hydrogen) atoms. The lowest BCUT2D eigenvalue weighted by atomic mass is 9.79. The zero-order valence-electron chi connectivity index (χ0n) is 21.0. The largest absolute Gasteiger partial charge is 0.504 e. The van der Waals surface area contributed by atoms with Crippen molar-refractivity contribution in [2.45, 2.75) is 36.8 Å². The molecule has 1 saturated carbocycles. The SMILES string of the molecule is COc1cc(C=CC(=O)OC2C[C@@](O)(C(=O)O)CC(O)[C@@H]2OC(=O)C=Cc2ccc(O)c(OC)c2)ccc1O. The van der Waals surface area contributed by atoms with E-state index in [1.54, 1.807) is 0 Å². The average molecular weight is 545 g/mol. The van der Waals surface area contributed by atoms with Gasteiger partial charge in [0.25, 0.3) is 0 Å². The highest BCUT2D eigenvalue weighted by molar-refractivity contribution is 5.88. The van der Waals surface area contributed by atoms with Crippen molar-refractivity contribution < 1.29 is 58.9 Å². The summed E-state index contributed by atoms with van der Waals surface area (Å²) in [7, 11) is 2.71. The van der Waals surface area contributed by atoms with Crippen LogP contribution in [0.4, 0.5) is 0 Å². The van der Waals surface area contributed by atoms with Gasteiger partial charge < -0.3 is 44.5 Å². The number of carbonyl (C=O) groups is 3. The van der Waals surface area contributed by atoms with E-state index in [0.29, 0.717) is 11.1 Å². The Bertz CT molecular complexity index is 1280. The van der Waals surface area contributed by atoms with E-state index in [1.807, 2.05) is 0 Å². The number of carbonyl (C=O) groups excluding carboxylic acids is 2. The second kappa shape index (κ2) is 12.3. The highest BCUT2D eigenvalue weighted by Crippen LogP contribution is 2.34. The number of aliphatic hydroxyl groups is 2. The maximum absolute atomic E-state index is 12.5. The Morgan fingerprint density at radius 2 is 1.33 bits per heavy atom. The van der Waals surface area contributed by atoms with Gasteiger partial charge in [-0.25, -0.2) is 14.4 Å². The lowest BCUT2D eigenvalue weighted by molar-refractivity contribution is -0.204. The van der Waals surface area contributed by atoms with Crippen LogP contribution in [-0.2, 0) is 23.9 Å². The predicted molar refractivity (Wildman–Crippen MR) is 135 cm³/mol. The van der Waals surface area contributed by atoms with Gasteiger partial charge in [0, 0.05) is 25.0 Å². The van der Waals surface area contributed by atoms with E-state index in [9.17, 15) is 39.9 Å². The lowest BCUT2D eigenvalue weighted by Gasteiger charge is -2.40. The summed E-state index contributed by atoms with van der Waals surface area (Å²) < 4.78 is 20.6. The van der Waals surface area contributed by atoms with Gasteiger partial charge in [0.1, 0.15) is 6.10 Å². The molecule has 12 heteroatoms. The number of phenolic OH excluding ortho intramolecular Hbond substituents is 2. The van der Waals surface area contributed by atoms with Crippen LogP contribution in [0, 0.1) is 0 Å². The standard InChI is InChI=1S/C27H28O12/c1-36-20-11-15(3-7-17(20)28)5-9-23(31)38-22-14-27(35,26(33)34)13-19(30)25(22)39-24(32)10-6-16-4-8-18(29)21(12-16)37-2/h3-12,19,22,25,28-30,35H,13-14H2,1-2H3,(H,33,34)/t19?,22?,25-,27+/m0/s1. The van der Waals surface area contributed by atoms with Crippen LogP contribution in [0.3, 0.4) is 0 Å². The smallest absolute Gasteiger partial charge is 0.335 e. The summed E-state index contributed by atoms with van der Waals surface area (Å²) in [4.78, 5) is 36.7. The fourth-order valence-electron chi connectivity index (χ4n) is 3.97.